The highest BCUT2D eigenvalue weighted by Crippen LogP contribution is 2.28. The number of carbonyl (C=O) groups is 2. The van der Waals surface area contributed by atoms with E-state index in [1.807, 2.05) is 24.3 Å². The Morgan fingerprint density at radius 3 is 2.81 bits per heavy atom. The topological polar surface area (TPSA) is 94.3 Å². The molecule has 1 aromatic heterocycles. The normalized spacial score (nSPS) is 23.9. The molecule has 0 aliphatic carbocycles. The van der Waals surface area contributed by atoms with Crippen molar-refractivity contribution in [2.75, 3.05) is 32.4 Å². The summed E-state index contributed by atoms with van der Waals surface area (Å²) in [5.74, 6) is 1.39. The van der Waals surface area contributed by atoms with E-state index in [-0.39, 0.29) is 11.9 Å². The van der Waals surface area contributed by atoms with Crippen LogP contribution >= 0.6 is 11.8 Å². The van der Waals surface area contributed by atoms with Crippen LogP contribution in [-0.2, 0) is 4.79 Å². The summed E-state index contributed by atoms with van der Waals surface area (Å²) in [7, 11) is 1.70. The smallest absolute Gasteiger partial charge is 0.325 e. The number of fused-ring (bicyclic) bond motifs is 2. The Bertz CT molecular complexity index is 984. The monoisotopic (exact) mass is 442 g/mol. The molecule has 1 N–H and O–H groups in total. The van der Waals surface area contributed by atoms with Crippen molar-refractivity contribution in [3.63, 3.8) is 0 Å². The van der Waals surface area contributed by atoms with Gasteiger partial charge in [0.05, 0.1) is 0 Å². The summed E-state index contributed by atoms with van der Waals surface area (Å²) >= 11 is 1.57. The number of thioether (sulfide) groups is 1. The van der Waals surface area contributed by atoms with Crippen molar-refractivity contribution in [3.05, 3.63) is 24.3 Å². The number of likely N-dealkylation sites (N-methyl/N-ethyl adjacent to an activating group) is 1. The van der Waals surface area contributed by atoms with Crippen LogP contribution in [0.25, 0.3) is 11.1 Å². The van der Waals surface area contributed by atoms with Gasteiger partial charge in [-0.2, -0.15) is 0 Å². The number of hydrogen-bond acceptors (Lipinski definition) is 8. The Morgan fingerprint density at radius 1 is 1.19 bits per heavy atom. The zero-order chi connectivity index (χ0) is 21.4. The van der Waals surface area contributed by atoms with Gasteiger partial charge in [0.25, 0.3) is 11.1 Å². The van der Waals surface area contributed by atoms with Crippen molar-refractivity contribution in [1.82, 2.24) is 25.0 Å². The number of para-hydroxylation sites is 2. The van der Waals surface area contributed by atoms with Crippen molar-refractivity contribution in [2.24, 2.45) is 4.99 Å². The number of piperidine rings is 1. The molecule has 2 unspecified atom stereocenters. The largest absolute Gasteiger partial charge is 0.431 e. The molecule has 3 aliphatic rings. The van der Waals surface area contributed by atoms with Gasteiger partial charge in [-0.25, -0.2) is 14.8 Å². The number of nitrogens with zero attached hydrogens (tertiary/aromatic N) is 5. The van der Waals surface area contributed by atoms with Gasteiger partial charge in [-0.3, -0.25) is 10.1 Å². The molecule has 2 aromatic rings. The predicted molar refractivity (Wildman–Crippen MR) is 118 cm³/mol. The zero-order valence-electron chi connectivity index (χ0n) is 17.5. The van der Waals surface area contributed by atoms with Crippen molar-refractivity contribution in [3.8, 4) is 0 Å². The number of imide groups is 1. The summed E-state index contributed by atoms with van der Waals surface area (Å²) in [6.45, 7) is 2.55. The summed E-state index contributed by atoms with van der Waals surface area (Å²) in [6.07, 6.45) is 3.83. The first-order valence-corrected chi connectivity index (χ1v) is 11.8. The van der Waals surface area contributed by atoms with Crippen LogP contribution in [0.3, 0.4) is 0 Å². The van der Waals surface area contributed by atoms with Crippen molar-refractivity contribution in [2.45, 2.75) is 43.1 Å². The van der Waals surface area contributed by atoms with Gasteiger partial charge < -0.3 is 19.1 Å². The number of amides is 3. The second-order valence-electron chi connectivity index (χ2n) is 8.08. The maximum absolute atomic E-state index is 12.7. The lowest BCUT2D eigenvalue weighted by Crippen LogP contribution is -2.64. The van der Waals surface area contributed by atoms with E-state index >= 15 is 0 Å². The van der Waals surface area contributed by atoms with Gasteiger partial charge in [-0.1, -0.05) is 23.9 Å². The van der Waals surface area contributed by atoms with Crippen molar-refractivity contribution in [1.29, 1.82) is 0 Å². The third-order valence-corrected chi connectivity index (χ3v) is 6.94. The molecule has 0 bridgehead atoms. The number of urea groups is 1. The average molecular weight is 443 g/mol. The molecule has 4 heterocycles. The van der Waals surface area contributed by atoms with Crippen molar-refractivity contribution < 1.29 is 14.0 Å². The van der Waals surface area contributed by atoms with Crippen LogP contribution in [0.15, 0.2) is 38.9 Å². The van der Waals surface area contributed by atoms with Crippen molar-refractivity contribution >= 4 is 40.8 Å². The van der Waals surface area contributed by atoms with Crippen LogP contribution in [0.5, 0.6) is 0 Å². The molecule has 0 spiro atoms. The molecule has 9 nitrogen and oxygen atoms in total. The maximum Gasteiger partial charge on any atom is 0.325 e. The van der Waals surface area contributed by atoms with Gasteiger partial charge in [0, 0.05) is 32.4 Å². The maximum atomic E-state index is 12.7. The van der Waals surface area contributed by atoms with E-state index in [0.29, 0.717) is 11.8 Å². The average Bonchev–Trinajstić information content (AvgIpc) is 3.37. The summed E-state index contributed by atoms with van der Waals surface area (Å²) in [6, 6.07) is 6.87. The minimum atomic E-state index is -0.478. The number of benzene rings is 1. The standard InChI is InChI=1S/C21H26N6O3S/c1-25-17-16(18(28)24-20(25)29)27(19(23-17)26-10-5-2-6-11-26)12-7-13-31-21-22-14-8-3-4-9-15(14)30-21/h3-4,8-9,16-17H,2,5-7,10-13H2,1H3,(H,24,28,29). The van der Waals surface area contributed by atoms with Crippen LogP contribution in [0.1, 0.15) is 25.7 Å². The Hall–Kier alpha value is -2.75. The van der Waals surface area contributed by atoms with E-state index in [9.17, 15) is 9.59 Å². The van der Waals surface area contributed by atoms with Crippen LogP contribution in [0.2, 0.25) is 0 Å². The molecule has 164 valence electrons. The summed E-state index contributed by atoms with van der Waals surface area (Å²) in [5, 5.41) is 3.13. The molecule has 3 amide bonds. The van der Waals surface area contributed by atoms with E-state index in [1.54, 1.807) is 18.8 Å². The quantitative estimate of drug-likeness (QED) is 0.561. The number of nitrogens with one attached hydrogen (secondary N) is 1. The van der Waals surface area contributed by atoms with Gasteiger partial charge in [-0.05, 0) is 37.8 Å². The third kappa shape index (κ3) is 3.84. The number of rotatable bonds is 5. The SMILES string of the molecule is CN1C(=O)NC(=O)C2C1N=C(N1CCCCC1)N2CCCSc1nc2ccccc2o1. The Labute approximate surface area is 184 Å². The predicted octanol–water partition coefficient (Wildman–Crippen LogP) is 2.34. The molecule has 2 saturated heterocycles. The number of aromatic nitrogens is 1. The number of hydrogen-bond donors (Lipinski definition) is 1. The molecule has 5 rings (SSSR count). The highest BCUT2D eigenvalue weighted by Gasteiger charge is 2.49. The van der Waals surface area contributed by atoms with Gasteiger partial charge in [-0.15, -0.1) is 0 Å². The van der Waals surface area contributed by atoms with E-state index in [0.717, 1.165) is 55.2 Å². The molecule has 0 radical (unpaired) electrons. The fourth-order valence-corrected chi connectivity index (χ4v) is 5.17. The molecule has 2 atom stereocenters. The highest BCUT2D eigenvalue weighted by molar-refractivity contribution is 7.99. The number of likely N-dealkylation sites (tertiary alicyclic amines) is 1. The number of oxazole rings is 1. The first-order valence-electron chi connectivity index (χ1n) is 10.8. The lowest BCUT2D eigenvalue weighted by Gasteiger charge is -2.38. The first-order chi connectivity index (χ1) is 15.1. The Morgan fingerprint density at radius 2 is 2.00 bits per heavy atom. The first kappa shape index (κ1) is 20.2. The molecule has 31 heavy (non-hydrogen) atoms. The lowest BCUT2D eigenvalue weighted by atomic mass is 10.1. The Kier molecular flexibility index (Phi) is 5.47. The van der Waals surface area contributed by atoms with Gasteiger partial charge in [0.1, 0.15) is 5.52 Å². The number of carbonyl (C=O) groups excluding carboxylic acids is 2. The highest BCUT2D eigenvalue weighted by atomic mass is 32.2. The zero-order valence-corrected chi connectivity index (χ0v) is 18.3. The second-order valence-corrected chi connectivity index (χ2v) is 9.13. The number of guanidine groups is 1. The van der Waals surface area contributed by atoms with E-state index in [2.05, 4.69) is 20.1 Å². The summed E-state index contributed by atoms with van der Waals surface area (Å²) < 4.78 is 5.78. The Balaban J connectivity index is 1.27. The molecule has 2 fully saturated rings. The minimum absolute atomic E-state index is 0.268. The third-order valence-electron chi connectivity index (χ3n) is 6.02. The summed E-state index contributed by atoms with van der Waals surface area (Å²) in [5.41, 5.74) is 1.65. The molecule has 3 aliphatic heterocycles. The van der Waals surface area contributed by atoms with Crippen LogP contribution < -0.4 is 5.32 Å². The van der Waals surface area contributed by atoms with Crippen LogP contribution in [0, 0.1) is 0 Å². The van der Waals surface area contributed by atoms with Gasteiger partial charge >= 0.3 is 6.03 Å². The molecule has 10 heteroatoms. The molecular formula is C21H26N6O3S. The lowest BCUT2D eigenvalue weighted by molar-refractivity contribution is -0.127. The number of aliphatic imine (C=N–C) groups is 1. The fourth-order valence-electron chi connectivity index (χ4n) is 4.41. The van der Waals surface area contributed by atoms with Gasteiger partial charge in [0.15, 0.2) is 23.8 Å². The minimum Gasteiger partial charge on any atom is -0.431 e. The van der Waals surface area contributed by atoms with E-state index in [1.165, 1.54) is 11.3 Å². The van der Waals surface area contributed by atoms with E-state index in [4.69, 9.17) is 9.41 Å². The van der Waals surface area contributed by atoms with E-state index < -0.39 is 12.2 Å². The molecule has 1 aromatic carbocycles. The molecule has 0 saturated carbocycles. The second kappa shape index (κ2) is 8.41. The summed E-state index contributed by atoms with van der Waals surface area (Å²) in [4.78, 5) is 40.0. The van der Waals surface area contributed by atoms with Crippen LogP contribution in [0.4, 0.5) is 4.79 Å². The van der Waals surface area contributed by atoms with Gasteiger partial charge in [0.2, 0.25) is 0 Å². The fraction of sp³-hybridized carbons (Fsp3) is 0.524. The van der Waals surface area contributed by atoms with Crippen LogP contribution in [-0.4, -0.2) is 82.2 Å². The molecular weight excluding hydrogens is 416 g/mol.